The molecule has 3 nitrogen and oxygen atoms in total. The molecule has 1 fully saturated rings. The molecule has 0 aromatic carbocycles. The third-order valence-corrected chi connectivity index (χ3v) is 3.22. The average molecular weight is 262 g/mol. The van der Waals surface area contributed by atoms with Crippen molar-refractivity contribution in [3.63, 3.8) is 0 Å². The van der Waals surface area contributed by atoms with Gasteiger partial charge in [0.2, 0.25) is 0 Å². The fourth-order valence-corrected chi connectivity index (χ4v) is 2.47. The second kappa shape index (κ2) is 4.45. The van der Waals surface area contributed by atoms with Crippen LogP contribution in [0.1, 0.15) is 26.2 Å². The van der Waals surface area contributed by atoms with Gasteiger partial charge in [-0.2, -0.15) is 0 Å². The van der Waals surface area contributed by atoms with E-state index in [1.165, 1.54) is 0 Å². The number of hydrogen-bond donors (Lipinski definition) is 1. The molecular weight excluding hydrogens is 246 g/mol. The largest absolute Gasteiger partial charge is 0.480 e. The van der Waals surface area contributed by atoms with Gasteiger partial charge in [0.1, 0.15) is 5.54 Å². The summed E-state index contributed by atoms with van der Waals surface area (Å²) >= 11 is 3.29. The molecule has 0 radical (unpaired) electrons. The van der Waals surface area contributed by atoms with Gasteiger partial charge in [-0.25, -0.2) is 0 Å². The minimum atomic E-state index is -0.703. The molecular formula is C10H16BrNO2. The molecule has 0 spiro atoms. The highest BCUT2D eigenvalue weighted by Gasteiger charge is 2.45. The first kappa shape index (κ1) is 11.7. The fraction of sp³-hybridized carbons (Fsp3) is 0.700. The second-order valence-corrected chi connectivity index (χ2v) is 4.85. The van der Waals surface area contributed by atoms with Crippen molar-refractivity contribution >= 4 is 21.9 Å². The Morgan fingerprint density at radius 2 is 2.36 bits per heavy atom. The van der Waals surface area contributed by atoms with Crippen molar-refractivity contribution in [2.24, 2.45) is 0 Å². The lowest BCUT2D eigenvalue weighted by Crippen LogP contribution is -2.50. The summed E-state index contributed by atoms with van der Waals surface area (Å²) in [6.45, 7) is 7.17. The van der Waals surface area contributed by atoms with Crippen molar-refractivity contribution < 1.29 is 9.90 Å². The molecule has 0 amide bonds. The highest BCUT2D eigenvalue weighted by molar-refractivity contribution is 9.11. The third kappa shape index (κ3) is 2.01. The predicted octanol–water partition coefficient (Wildman–Crippen LogP) is 2.22. The number of carboxylic acid groups (broad SMARTS) is 1. The monoisotopic (exact) mass is 261 g/mol. The smallest absolute Gasteiger partial charge is 0.324 e. The van der Waals surface area contributed by atoms with E-state index in [0.29, 0.717) is 13.0 Å². The molecule has 1 aliphatic heterocycles. The van der Waals surface area contributed by atoms with Crippen LogP contribution >= 0.6 is 15.9 Å². The van der Waals surface area contributed by atoms with Crippen molar-refractivity contribution in [2.75, 3.05) is 13.1 Å². The zero-order chi connectivity index (χ0) is 10.8. The van der Waals surface area contributed by atoms with Crippen molar-refractivity contribution in [3.8, 4) is 0 Å². The zero-order valence-corrected chi connectivity index (χ0v) is 10.0. The number of carbonyl (C=O) groups is 1. The molecule has 1 N–H and O–H groups in total. The molecule has 1 aliphatic rings. The Morgan fingerprint density at radius 1 is 1.71 bits per heavy atom. The average Bonchev–Trinajstić information content (AvgIpc) is 2.47. The van der Waals surface area contributed by atoms with E-state index in [2.05, 4.69) is 22.5 Å². The van der Waals surface area contributed by atoms with Gasteiger partial charge in [0, 0.05) is 11.0 Å². The number of halogens is 1. The second-order valence-electron chi connectivity index (χ2n) is 3.73. The number of nitrogens with zero attached hydrogens (tertiary/aromatic N) is 1. The van der Waals surface area contributed by atoms with E-state index in [9.17, 15) is 9.90 Å². The minimum absolute atomic E-state index is 0.625. The summed E-state index contributed by atoms with van der Waals surface area (Å²) in [6.07, 6.45) is 2.36. The van der Waals surface area contributed by atoms with E-state index in [1.807, 2.05) is 11.8 Å². The summed E-state index contributed by atoms with van der Waals surface area (Å²) in [7, 11) is 0. The number of rotatable bonds is 4. The van der Waals surface area contributed by atoms with Crippen LogP contribution in [0.4, 0.5) is 0 Å². The SMILES string of the molecule is C=C(Br)CN1CCCC1(CC)C(=O)O. The normalized spacial score (nSPS) is 27.9. The molecule has 4 heteroatoms. The first-order valence-electron chi connectivity index (χ1n) is 4.84. The van der Waals surface area contributed by atoms with Crippen molar-refractivity contribution in [3.05, 3.63) is 11.1 Å². The number of hydrogen-bond acceptors (Lipinski definition) is 2. The molecule has 1 unspecified atom stereocenters. The van der Waals surface area contributed by atoms with Crippen LogP contribution < -0.4 is 0 Å². The molecule has 0 aromatic rings. The predicted molar refractivity (Wildman–Crippen MR) is 59.5 cm³/mol. The van der Waals surface area contributed by atoms with E-state index in [-0.39, 0.29) is 0 Å². The summed E-state index contributed by atoms with van der Waals surface area (Å²) < 4.78 is 0.846. The summed E-state index contributed by atoms with van der Waals surface area (Å²) in [4.78, 5) is 13.3. The maximum atomic E-state index is 11.3. The lowest BCUT2D eigenvalue weighted by molar-refractivity contribution is -0.149. The lowest BCUT2D eigenvalue weighted by Gasteiger charge is -2.33. The van der Waals surface area contributed by atoms with Crippen LogP contribution in [-0.2, 0) is 4.79 Å². The van der Waals surface area contributed by atoms with Gasteiger partial charge in [0.05, 0.1) is 0 Å². The van der Waals surface area contributed by atoms with Gasteiger partial charge >= 0.3 is 5.97 Å². The van der Waals surface area contributed by atoms with Gasteiger partial charge in [-0.15, -0.1) is 0 Å². The van der Waals surface area contributed by atoms with Gasteiger partial charge in [-0.05, 0) is 25.8 Å². The Labute approximate surface area is 92.9 Å². The quantitative estimate of drug-likeness (QED) is 0.844. The molecule has 0 bridgehead atoms. The highest BCUT2D eigenvalue weighted by atomic mass is 79.9. The summed E-state index contributed by atoms with van der Waals surface area (Å²) in [5, 5.41) is 9.26. The lowest BCUT2D eigenvalue weighted by atomic mass is 9.93. The van der Waals surface area contributed by atoms with E-state index in [1.54, 1.807) is 0 Å². The Morgan fingerprint density at radius 3 is 2.79 bits per heavy atom. The van der Waals surface area contributed by atoms with Gasteiger partial charge in [-0.3, -0.25) is 9.69 Å². The summed E-state index contributed by atoms with van der Waals surface area (Å²) in [5.41, 5.74) is -0.656. The molecule has 80 valence electrons. The molecule has 1 heterocycles. The van der Waals surface area contributed by atoms with Gasteiger partial charge in [0.25, 0.3) is 0 Å². The van der Waals surface area contributed by atoms with Crippen molar-refractivity contribution in [1.82, 2.24) is 4.90 Å². The number of aliphatic carboxylic acids is 1. The first-order chi connectivity index (χ1) is 6.53. The van der Waals surface area contributed by atoms with Crippen LogP contribution in [-0.4, -0.2) is 34.6 Å². The molecule has 1 rings (SSSR count). The summed E-state index contributed by atoms with van der Waals surface area (Å²) in [6, 6.07) is 0. The molecule has 1 saturated heterocycles. The molecule has 0 aromatic heterocycles. The Balaban J connectivity index is 2.83. The highest BCUT2D eigenvalue weighted by Crippen LogP contribution is 2.33. The van der Waals surface area contributed by atoms with Gasteiger partial charge in [-0.1, -0.05) is 29.4 Å². The van der Waals surface area contributed by atoms with E-state index >= 15 is 0 Å². The first-order valence-corrected chi connectivity index (χ1v) is 5.64. The van der Waals surface area contributed by atoms with Crippen LogP contribution in [0.25, 0.3) is 0 Å². The van der Waals surface area contributed by atoms with Crippen LogP contribution in [0.15, 0.2) is 11.1 Å². The van der Waals surface area contributed by atoms with Crippen molar-refractivity contribution in [2.45, 2.75) is 31.7 Å². The molecule has 1 atom stereocenters. The topological polar surface area (TPSA) is 40.5 Å². The Bertz CT molecular complexity index is 255. The standard InChI is InChI=1S/C10H16BrNO2/c1-3-10(9(13)14)5-4-6-12(10)7-8(2)11/h2-7H2,1H3,(H,13,14). The van der Waals surface area contributed by atoms with E-state index in [4.69, 9.17) is 0 Å². The third-order valence-electron chi connectivity index (χ3n) is 2.97. The summed E-state index contributed by atoms with van der Waals surface area (Å²) in [5.74, 6) is -0.703. The minimum Gasteiger partial charge on any atom is -0.480 e. The molecule has 14 heavy (non-hydrogen) atoms. The number of likely N-dealkylation sites (tertiary alicyclic amines) is 1. The van der Waals surface area contributed by atoms with Crippen LogP contribution in [0.5, 0.6) is 0 Å². The Kier molecular flexibility index (Phi) is 3.72. The molecule has 0 saturated carbocycles. The maximum absolute atomic E-state index is 11.3. The Hall–Kier alpha value is -0.350. The van der Waals surface area contributed by atoms with Crippen LogP contribution in [0.2, 0.25) is 0 Å². The van der Waals surface area contributed by atoms with Gasteiger partial charge in [0.15, 0.2) is 0 Å². The fourth-order valence-electron chi connectivity index (χ4n) is 2.17. The van der Waals surface area contributed by atoms with Crippen LogP contribution in [0, 0.1) is 0 Å². The number of carboxylic acids is 1. The van der Waals surface area contributed by atoms with Gasteiger partial charge < -0.3 is 5.11 Å². The zero-order valence-electron chi connectivity index (χ0n) is 8.42. The van der Waals surface area contributed by atoms with Crippen LogP contribution in [0.3, 0.4) is 0 Å². The van der Waals surface area contributed by atoms with Crippen molar-refractivity contribution in [1.29, 1.82) is 0 Å². The molecule has 0 aliphatic carbocycles. The van der Waals surface area contributed by atoms with E-state index < -0.39 is 11.5 Å². The maximum Gasteiger partial charge on any atom is 0.324 e. The van der Waals surface area contributed by atoms with E-state index in [0.717, 1.165) is 23.9 Å².